The number of ether oxygens (including phenoxy) is 1. The molecule has 3 fully saturated rings. The summed E-state index contributed by atoms with van der Waals surface area (Å²) in [7, 11) is 2.09. The minimum Gasteiger partial charge on any atom is -0.351 e. The molecule has 0 aromatic heterocycles. The summed E-state index contributed by atoms with van der Waals surface area (Å²) in [5, 5.41) is 0. The number of benzene rings is 1. The quantitative estimate of drug-likeness (QED) is 0.763. The van der Waals surface area contributed by atoms with Gasteiger partial charge in [0.1, 0.15) is 0 Å². The molecule has 0 aliphatic carbocycles. The molecular weight excluding hydrogens is 240 g/mol. The molecule has 100 valence electrons. The van der Waals surface area contributed by atoms with Crippen molar-refractivity contribution in [2.45, 2.75) is 30.7 Å². The molecule has 0 N–H and O–H groups in total. The molecule has 1 aromatic rings. The molecule has 0 bridgehead atoms. The number of nitrogens with zero attached hydrogens (tertiary/aromatic N) is 2. The summed E-state index contributed by atoms with van der Waals surface area (Å²) in [4.78, 5) is 16.7. The van der Waals surface area contributed by atoms with Crippen LogP contribution in [0.3, 0.4) is 0 Å². The van der Waals surface area contributed by atoms with Gasteiger partial charge in [-0.05, 0) is 12.6 Å². The molecule has 3 heterocycles. The Labute approximate surface area is 112 Å². The monoisotopic (exact) mass is 258 g/mol. The molecule has 0 radical (unpaired) electrons. The average Bonchev–Trinajstić information content (AvgIpc) is 3.03. The Hall–Kier alpha value is -1.39. The van der Waals surface area contributed by atoms with Crippen molar-refractivity contribution in [2.24, 2.45) is 0 Å². The third-order valence-electron chi connectivity index (χ3n) is 4.91. The van der Waals surface area contributed by atoms with Crippen LogP contribution in [0.1, 0.15) is 24.4 Å². The van der Waals surface area contributed by atoms with E-state index < -0.39 is 0 Å². The van der Waals surface area contributed by atoms with Crippen LogP contribution in [0.5, 0.6) is 0 Å². The van der Waals surface area contributed by atoms with Crippen LogP contribution in [-0.4, -0.2) is 47.7 Å². The largest absolute Gasteiger partial charge is 0.351 e. The standard InChI is InChI=1S/C15H18N2O2/c1-16-8-7-15-13(16)9-14(18)17(15)12(10-19-15)11-5-3-2-4-6-11/h2-6,12-13H,7-10H2,1H3/t12-,13+,15-/m0/s1. The minimum atomic E-state index is -0.355. The third kappa shape index (κ3) is 1.38. The topological polar surface area (TPSA) is 32.8 Å². The van der Waals surface area contributed by atoms with E-state index in [0.29, 0.717) is 13.0 Å². The Morgan fingerprint density at radius 3 is 2.89 bits per heavy atom. The lowest BCUT2D eigenvalue weighted by Crippen LogP contribution is -2.47. The van der Waals surface area contributed by atoms with Crippen molar-refractivity contribution in [2.75, 3.05) is 20.2 Å². The first kappa shape index (κ1) is 11.4. The van der Waals surface area contributed by atoms with Crippen LogP contribution in [0, 0.1) is 0 Å². The van der Waals surface area contributed by atoms with Crippen LogP contribution in [-0.2, 0) is 9.53 Å². The number of likely N-dealkylation sites (N-methyl/N-ethyl adjacent to an activating group) is 1. The Bertz CT molecular complexity index is 518. The molecule has 4 nitrogen and oxygen atoms in total. The van der Waals surface area contributed by atoms with Gasteiger partial charge in [0.2, 0.25) is 5.91 Å². The molecule has 1 aromatic carbocycles. The van der Waals surface area contributed by atoms with Crippen LogP contribution < -0.4 is 0 Å². The highest BCUT2D eigenvalue weighted by molar-refractivity contribution is 5.82. The first-order valence-electron chi connectivity index (χ1n) is 6.94. The van der Waals surface area contributed by atoms with Gasteiger partial charge in [-0.25, -0.2) is 0 Å². The molecule has 4 heteroatoms. The van der Waals surface area contributed by atoms with Gasteiger partial charge in [-0.3, -0.25) is 9.69 Å². The van der Waals surface area contributed by atoms with Gasteiger partial charge in [0.15, 0.2) is 5.72 Å². The van der Waals surface area contributed by atoms with Gasteiger partial charge in [0.25, 0.3) is 0 Å². The van der Waals surface area contributed by atoms with Gasteiger partial charge in [-0.2, -0.15) is 0 Å². The fraction of sp³-hybridized carbons (Fsp3) is 0.533. The van der Waals surface area contributed by atoms with E-state index in [-0.39, 0.29) is 23.7 Å². The smallest absolute Gasteiger partial charge is 0.227 e. The fourth-order valence-corrected chi connectivity index (χ4v) is 3.97. The minimum absolute atomic E-state index is 0.0881. The number of likely N-dealkylation sites (tertiary alicyclic amines) is 1. The van der Waals surface area contributed by atoms with E-state index in [9.17, 15) is 4.79 Å². The maximum atomic E-state index is 12.4. The van der Waals surface area contributed by atoms with Crippen molar-refractivity contribution in [3.63, 3.8) is 0 Å². The lowest BCUT2D eigenvalue weighted by Gasteiger charge is -2.33. The summed E-state index contributed by atoms with van der Waals surface area (Å²) in [6.45, 7) is 1.63. The fourth-order valence-electron chi connectivity index (χ4n) is 3.97. The molecule has 3 aliphatic heterocycles. The maximum absolute atomic E-state index is 12.4. The second-order valence-corrected chi connectivity index (χ2v) is 5.80. The predicted molar refractivity (Wildman–Crippen MR) is 70.4 cm³/mol. The van der Waals surface area contributed by atoms with E-state index in [4.69, 9.17) is 4.74 Å². The summed E-state index contributed by atoms with van der Waals surface area (Å²) in [6, 6.07) is 10.6. The number of rotatable bonds is 1. The van der Waals surface area contributed by atoms with Gasteiger partial charge in [-0.1, -0.05) is 30.3 Å². The van der Waals surface area contributed by atoms with Crippen LogP contribution in [0.2, 0.25) is 0 Å². The molecule has 0 saturated carbocycles. The van der Waals surface area contributed by atoms with E-state index in [1.165, 1.54) is 5.56 Å². The third-order valence-corrected chi connectivity index (χ3v) is 4.91. The van der Waals surface area contributed by atoms with Crippen molar-refractivity contribution in [3.05, 3.63) is 35.9 Å². The lowest BCUT2D eigenvalue weighted by molar-refractivity contribution is -0.138. The zero-order valence-corrected chi connectivity index (χ0v) is 11.1. The number of hydrogen-bond acceptors (Lipinski definition) is 3. The van der Waals surface area contributed by atoms with Crippen molar-refractivity contribution in [1.82, 2.24) is 9.80 Å². The second-order valence-electron chi connectivity index (χ2n) is 5.80. The second kappa shape index (κ2) is 3.81. The molecule has 1 amide bonds. The summed E-state index contributed by atoms with van der Waals surface area (Å²) in [6.07, 6.45) is 1.53. The predicted octanol–water partition coefficient (Wildman–Crippen LogP) is 1.39. The van der Waals surface area contributed by atoms with E-state index in [1.54, 1.807) is 0 Å². The molecule has 0 unspecified atom stereocenters. The molecule has 3 atom stereocenters. The molecule has 3 saturated heterocycles. The lowest BCUT2D eigenvalue weighted by atomic mass is 10.0. The van der Waals surface area contributed by atoms with E-state index in [1.807, 2.05) is 23.1 Å². The van der Waals surface area contributed by atoms with Gasteiger partial charge in [0.05, 0.1) is 18.7 Å². The Balaban J connectivity index is 1.74. The van der Waals surface area contributed by atoms with E-state index in [2.05, 4.69) is 24.1 Å². The Morgan fingerprint density at radius 1 is 1.32 bits per heavy atom. The molecule has 19 heavy (non-hydrogen) atoms. The van der Waals surface area contributed by atoms with Crippen LogP contribution in [0.15, 0.2) is 30.3 Å². The van der Waals surface area contributed by atoms with Crippen LogP contribution in [0.25, 0.3) is 0 Å². The van der Waals surface area contributed by atoms with E-state index in [0.717, 1.165) is 13.0 Å². The number of hydrogen-bond donors (Lipinski definition) is 0. The Kier molecular flexibility index (Phi) is 2.29. The van der Waals surface area contributed by atoms with Crippen molar-refractivity contribution >= 4 is 5.91 Å². The Morgan fingerprint density at radius 2 is 2.11 bits per heavy atom. The van der Waals surface area contributed by atoms with Crippen molar-refractivity contribution in [1.29, 1.82) is 0 Å². The average molecular weight is 258 g/mol. The highest BCUT2D eigenvalue weighted by Crippen LogP contribution is 2.50. The van der Waals surface area contributed by atoms with Crippen molar-refractivity contribution in [3.8, 4) is 0 Å². The number of amides is 1. The molecular formula is C15H18N2O2. The normalized spacial score (nSPS) is 37.7. The highest BCUT2D eigenvalue weighted by atomic mass is 16.5. The van der Waals surface area contributed by atoms with Crippen LogP contribution >= 0.6 is 0 Å². The molecule has 3 aliphatic rings. The number of carbonyl (C=O) groups is 1. The van der Waals surface area contributed by atoms with Gasteiger partial charge in [0, 0.05) is 19.4 Å². The zero-order chi connectivity index (χ0) is 13.0. The first-order chi connectivity index (χ1) is 9.22. The van der Waals surface area contributed by atoms with Gasteiger partial charge >= 0.3 is 0 Å². The summed E-state index contributed by atoms with van der Waals surface area (Å²) in [5.41, 5.74) is 0.828. The van der Waals surface area contributed by atoms with Crippen LogP contribution in [0.4, 0.5) is 0 Å². The van der Waals surface area contributed by atoms with E-state index >= 15 is 0 Å². The maximum Gasteiger partial charge on any atom is 0.227 e. The SMILES string of the molecule is CN1CC[C@@]23OC[C@@H](c4ccccc4)N2C(=O)C[C@@H]13. The zero-order valence-electron chi connectivity index (χ0n) is 11.1. The first-order valence-corrected chi connectivity index (χ1v) is 6.94. The van der Waals surface area contributed by atoms with Gasteiger partial charge < -0.3 is 9.64 Å². The van der Waals surface area contributed by atoms with Crippen molar-refractivity contribution < 1.29 is 9.53 Å². The summed E-state index contributed by atoms with van der Waals surface area (Å²) in [5.74, 6) is 0.239. The highest BCUT2D eigenvalue weighted by Gasteiger charge is 2.63. The molecule has 1 spiro atoms. The molecule has 4 rings (SSSR count). The number of carbonyl (C=O) groups excluding carboxylic acids is 1. The summed E-state index contributed by atoms with van der Waals surface area (Å²) >= 11 is 0. The summed E-state index contributed by atoms with van der Waals surface area (Å²) < 4.78 is 6.16. The van der Waals surface area contributed by atoms with Gasteiger partial charge in [-0.15, -0.1) is 0 Å².